The van der Waals surface area contributed by atoms with Crippen LogP contribution in [0.1, 0.15) is 13.8 Å². The third kappa shape index (κ3) is 2.73. The Balaban J connectivity index is 2.91. The van der Waals surface area contributed by atoms with Gasteiger partial charge in [-0.15, -0.1) is 0 Å². The van der Waals surface area contributed by atoms with Crippen molar-refractivity contribution in [3.63, 3.8) is 0 Å². The second-order valence-corrected chi connectivity index (χ2v) is 3.67. The third-order valence-corrected chi connectivity index (χ3v) is 2.18. The zero-order valence-corrected chi connectivity index (χ0v) is 10.1. The fraction of sp³-hybridized carbons (Fsp3) is 0.417. The van der Waals surface area contributed by atoms with E-state index in [2.05, 4.69) is 0 Å². The Labute approximate surface area is 95.7 Å². The van der Waals surface area contributed by atoms with Crippen LogP contribution in [0.25, 0.3) is 0 Å². The van der Waals surface area contributed by atoms with E-state index in [-0.39, 0.29) is 11.8 Å². The molecule has 0 aliphatic rings. The molecule has 16 heavy (non-hydrogen) atoms. The van der Waals surface area contributed by atoms with Crippen LogP contribution in [0.5, 0.6) is 5.75 Å². The molecule has 4 nitrogen and oxygen atoms in total. The summed E-state index contributed by atoms with van der Waals surface area (Å²) in [5, 5.41) is 1.28. The number of benzene rings is 1. The number of carbonyl (C=O) groups excluding carboxylic acids is 1. The van der Waals surface area contributed by atoms with E-state index in [1.807, 2.05) is 13.8 Å². The topological polar surface area (TPSA) is 38.8 Å². The molecule has 0 spiro atoms. The van der Waals surface area contributed by atoms with Crippen LogP contribution >= 0.6 is 0 Å². The minimum atomic E-state index is -0.109. The first-order chi connectivity index (χ1) is 7.60. The van der Waals surface area contributed by atoms with E-state index in [0.717, 1.165) is 5.75 Å². The minimum Gasteiger partial charge on any atom is -0.497 e. The molecular weight excluding hydrogens is 206 g/mol. The van der Waals surface area contributed by atoms with Crippen molar-refractivity contribution in [3.8, 4) is 5.75 Å². The van der Waals surface area contributed by atoms with Gasteiger partial charge in [0, 0.05) is 5.92 Å². The van der Waals surface area contributed by atoms with Gasteiger partial charge in [0.1, 0.15) is 5.75 Å². The van der Waals surface area contributed by atoms with Crippen LogP contribution in [0, 0.1) is 5.92 Å². The molecule has 1 rings (SSSR count). The lowest BCUT2D eigenvalue weighted by Crippen LogP contribution is -2.33. The molecular formula is C12H17NO3. The highest BCUT2D eigenvalue weighted by Crippen LogP contribution is 2.20. The summed E-state index contributed by atoms with van der Waals surface area (Å²) in [6.45, 7) is 3.66. The maximum absolute atomic E-state index is 11.8. The van der Waals surface area contributed by atoms with Gasteiger partial charge in [-0.2, -0.15) is 5.06 Å². The fourth-order valence-corrected chi connectivity index (χ4v) is 1.27. The van der Waals surface area contributed by atoms with Gasteiger partial charge in [-0.3, -0.25) is 9.63 Å². The Hall–Kier alpha value is -1.55. The predicted molar refractivity (Wildman–Crippen MR) is 62.3 cm³/mol. The molecule has 88 valence electrons. The van der Waals surface area contributed by atoms with Crippen molar-refractivity contribution in [3.05, 3.63) is 24.3 Å². The van der Waals surface area contributed by atoms with E-state index >= 15 is 0 Å². The Kier molecular flexibility index (Phi) is 4.31. The van der Waals surface area contributed by atoms with Gasteiger partial charge in [0.05, 0.1) is 19.9 Å². The number of hydroxylamine groups is 1. The van der Waals surface area contributed by atoms with Crippen molar-refractivity contribution in [1.82, 2.24) is 0 Å². The van der Waals surface area contributed by atoms with Gasteiger partial charge in [-0.1, -0.05) is 13.8 Å². The number of methoxy groups -OCH3 is 1. The lowest BCUT2D eigenvalue weighted by atomic mass is 10.2. The highest BCUT2D eigenvalue weighted by molar-refractivity contribution is 5.92. The fourth-order valence-electron chi connectivity index (χ4n) is 1.27. The summed E-state index contributed by atoms with van der Waals surface area (Å²) in [5.74, 6) is 0.562. The predicted octanol–water partition coefficient (Wildman–Crippen LogP) is 2.25. The number of anilines is 1. The number of hydrogen-bond donors (Lipinski definition) is 0. The molecule has 0 bridgehead atoms. The summed E-state index contributed by atoms with van der Waals surface area (Å²) in [6.07, 6.45) is 0. The summed E-state index contributed by atoms with van der Waals surface area (Å²) in [5.41, 5.74) is 0.696. The molecule has 0 saturated carbocycles. The molecule has 0 fully saturated rings. The molecule has 1 aromatic carbocycles. The summed E-state index contributed by atoms with van der Waals surface area (Å²) >= 11 is 0. The van der Waals surface area contributed by atoms with Crippen molar-refractivity contribution in [1.29, 1.82) is 0 Å². The number of ether oxygens (including phenoxy) is 1. The molecule has 0 atom stereocenters. The maximum Gasteiger partial charge on any atom is 0.253 e. The minimum absolute atomic E-state index is 0.0762. The Morgan fingerprint density at radius 2 is 1.75 bits per heavy atom. The van der Waals surface area contributed by atoms with E-state index in [4.69, 9.17) is 9.57 Å². The van der Waals surface area contributed by atoms with Crippen molar-refractivity contribution in [2.75, 3.05) is 19.3 Å². The number of amides is 1. The first kappa shape index (κ1) is 12.5. The Morgan fingerprint density at radius 3 is 2.12 bits per heavy atom. The highest BCUT2D eigenvalue weighted by Gasteiger charge is 2.18. The molecule has 0 saturated heterocycles. The van der Waals surface area contributed by atoms with Crippen LogP contribution < -0.4 is 9.80 Å². The SMILES string of the molecule is COc1ccc(N(OC)C(=O)C(C)C)cc1. The molecule has 1 amide bonds. The van der Waals surface area contributed by atoms with E-state index in [0.29, 0.717) is 5.69 Å². The molecule has 0 aliphatic carbocycles. The third-order valence-electron chi connectivity index (χ3n) is 2.18. The van der Waals surface area contributed by atoms with Gasteiger partial charge in [0.2, 0.25) is 0 Å². The van der Waals surface area contributed by atoms with Gasteiger partial charge in [-0.25, -0.2) is 0 Å². The zero-order chi connectivity index (χ0) is 12.1. The Bertz CT molecular complexity index is 346. The average Bonchev–Trinajstić information content (AvgIpc) is 2.30. The van der Waals surface area contributed by atoms with Gasteiger partial charge in [-0.05, 0) is 24.3 Å². The quantitative estimate of drug-likeness (QED) is 0.735. The largest absolute Gasteiger partial charge is 0.497 e. The van der Waals surface area contributed by atoms with Crippen LogP contribution in [0.3, 0.4) is 0 Å². The Morgan fingerprint density at radius 1 is 1.19 bits per heavy atom. The normalized spacial score (nSPS) is 10.3. The van der Waals surface area contributed by atoms with Gasteiger partial charge < -0.3 is 4.74 Å². The van der Waals surface area contributed by atoms with Crippen LogP contribution in [-0.4, -0.2) is 20.1 Å². The van der Waals surface area contributed by atoms with Gasteiger partial charge >= 0.3 is 0 Å². The number of carbonyl (C=O) groups is 1. The van der Waals surface area contributed by atoms with Gasteiger partial charge in [0.25, 0.3) is 5.91 Å². The summed E-state index contributed by atoms with van der Waals surface area (Å²) in [6, 6.07) is 7.13. The molecule has 0 aliphatic heterocycles. The van der Waals surface area contributed by atoms with E-state index in [9.17, 15) is 4.79 Å². The molecule has 0 N–H and O–H groups in total. The van der Waals surface area contributed by atoms with E-state index in [1.165, 1.54) is 12.2 Å². The van der Waals surface area contributed by atoms with Crippen LogP contribution in [0.4, 0.5) is 5.69 Å². The number of nitrogens with zero attached hydrogens (tertiary/aromatic N) is 1. The molecule has 0 heterocycles. The van der Waals surface area contributed by atoms with Crippen LogP contribution in [-0.2, 0) is 9.63 Å². The number of hydrogen-bond acceptors (Lipinski definition) is 3. The number of rotatable bonds is 4. The van der Waals surface area contributed by atoms with Crippen molar-refractivity contribution >= 4 is 11.6 Å². The maximum atomic E-state index is 11.8. The first-order valence-corrected chi connectivity index (χ1v) is 5.12. The lowest BCUT2D eigenvalue weighted by Gasteiger charge is -2.21. The molecule has 0 unspecified atom stereocenters. The zero-order valence-electron chi connectivity index (χ0n) is 10.1. The van der Waals surface area contributed by atoms with E-state index in [1.54, 1.807) is 31.4 Å². The first-order valence-electron chi connectivity index (χ1n) is 5.12. The van der Waals surface area contributed by atoms with E-state index < -0.39 is 0 Å². The van der Waals surface area contributed by atoms with Gasteiger partial charge in [0.15, 0.2) is 0 Å². The average molecular weight is 223 g/mol. The molecule has 1 aromatic rings. The van der Waals surface area contributed by atoms with Crippen LogP contribution in [0.2, 0.25) is 0 Å². The molecule has 4 heteroatoms. The monoisotopic (exact) mass is 223 g/mol. The summed E-state index contributed by atoms with van der Waals surface area (Å²) in [7, 11) is 3.08. The molecule has 0 radical (unpaired) electrons. The molecule has 0 aromatic heterocycles. The standard InChI is InChI=1S/C12H17NO3/c1-9(2)12(14)13(16-4)10-5-7-11(15-3)8-6-10/h5-9H,1-4H3. The van der Waals surface area contributed by atoms with Crippen molar-refractivity contribution in [2.45, 2.75) is 13.8 Å². The summed E-state index contributed by atoms with van der Waals surface area (Å²) in [4.78, 5) is 16.9. The van der Waals surface area contributed by atoms with Crippen molar-refractivity contribution < 1.29 is 14.4 Å². The lowest BCUT2D eigenvalue weighted by molar-refractivity contribution is -0.127. The second-order valence-electron chi connectivity index (χ2n) is 3.67. The summed E-state index contributed by atoms with van der Waals surface area (Å²) < 4.78 is 5.05. The van der Waals surface area contributed by atoms with Crippen molar-refractivity contribution in [2.24, 2.45) is 5.92 Å². The smallest absolute Gasteiger partial charge is 0.253 e. The van der Waals surface area contributed by atoms with Crippen LogP contribution in [0.15, 0.2) is 24.3 Å². The highest BCUT2D eigenvalue weighted by atomic mass is 16.7. The second kappa shape index (κ2) is 5.51.